The van der Waals surface area contributed by atoms with E-state index in [0.29, 0.717) is 6.61 Å². The van der Waals surface area contributed by atoms with E-state index in [-0.39, 0.29) is 12.1 Å². The number of nitrogens with two attached hydrogens (primary N) is 1. The molecule has 1 aliphatic heterocycles. The number of ether oxygens (including phenoxy) is 1. The molecule has 0 amide bonds. The number of hydrogen-bond acceptors (Lipinski definition) is 4. The third-order valence-corrected chi connectivity index (χ3v) is 6.23. The second kappa shape index (κ2) is 10.6. The van der Waals surface area contributed by atoms with Gasteiger partial charge in [0, 0.05) is 37.9 Å². The Hall–Kier alpha value is -2.57. The number of piperazine rings is 1. The van der Waals surface area contributed by atoms with Crippen LogP contribution in [0.1, 0.15) is 31.2 Å². The lowest BCUT2D eigenvalue weighted by Crippen LogP contribution is -2.50. The Kier molecular flexibility index (Phi) is 7.43. The molecule has 2 fully saturated rings. The maximum atomic E-state index is 6.40. The molecular formula is C25H35N5O. The molecule has 1 heterocycles. The van der Waals surface area contributed by atoms with Gasteiger partial charge < -0.3 is 25.6 Å². The van der Waals surface area contributed by atoms with E-state index in [4.69, 9.17) is 15.5 Å². The summed E-state index contributed by atoms with van der Waals surface area (Å²) in [5.41, 5.74) is 8.58. The zero-order valence-electron chi connectivity index (χ0n) is 18.5. The second-order valence-corrected chi connectivity index (χ2v) is 8.68. The summed E-state index contributed by atoms with van der Waals surface area (Å²) >= 11 is 0. The summed E-state index contributed by atoms with van der Waals surface area (Å²) < 4.78 is 5.93. The van der Waals surface area contributed by atoms with Crippen molar-refractivity contribution in [2.45, 2.75) is 44.4 Å². The smallest absolute Gasteiger partial charge is 0.198 e. The molecule has 4 rings (SSSR count). The lowest BCUT2D eigenvalue weighted by molar-refractivity contribution is 0.214. The molecule has 2 aromatic carbocycles. The number of guanidine groups is 1. The van der Waals surface area contributed by atoms with E-state index >= 15 is 0 Å². The monoisotopic (exact) mass is 421 g/mol. The van der Waals surface area contributed by atoms with Gasteiger partial charge in [-0.1, -0.05) is 43.2 Å². The molecule has 2 atom stereocenters. The summed E-state index contributed by atoms with van der Waals surface area (Å²) in [4.78, 5) is 9.84. The van der Waals surface area contributed by atoms with Crippen LogP contribution in [-0.4, -0.2) is 61.1 Å². The average Bonchev–Trinajstić information content (AvgIpc) is 2.81. The molecule has 2 aliphatic rings. The largest absolute Gasteiger partial charge is 0.489 e. The number of aliphatic imine (C=N–C) groups is 1. The fourth-order valence-electron chi connectivity index (χ4n) is 4.17. The van der Waals surface area contributed by atoms with E-state index in [0.717, 1.165) is 62.0 Å². The molecule has 6 heteroatoms. The molecule has 2 aromatic rings. The molecule has 0 unspecified atom stereocenters. The molecule has 0 bridgehead atoms. The first-order valence-corrected chi connectivity index (χ1v) is 11.5. The van der Waals surface area contributed by atoms with Crippen molar-refractivity contribution in [1.29, 1.82) is 0 Å². The van der Waals surface area contributed by atoms with Crippen molar-refractivity contribution in [3.63, 3.8) is 0 Å². The standard InChI is InChI=1S/C25H35N5O/c1-29-15-17-30(18-16-29)25(28-24-10-6-5-9-23(24)26)27-21-11-13-22(14-12-21)31-19-20-7-3-2-4-8-20/h2-4,7-8,11-14,23-24H,5-6,9-10,15-19,26H2,1H3,(H,27,28)/t23-,24-/m0/s1. The van der Waals surface area contributed by atoms with E-state index in [9.17, 15) is 0 Å². The van der Waals surface area contributed by atoms with Gasteiger partial charge in [-0.25, -0.2) is 4.99 Å². The lowest BCUT2D eigenvalue weighted by Gasteiger charge is -2.36. The lowest BCUT2D eigenvalue weighted by atomic mass is 9.91. The van der Waals surface area contributed by atoms with Gasteiger partial charge in [0.1, 0.15) is 12.4 Å². The van der Waals surface area contributed by atoms with E-state index < -0.39 is 0 Å². The Labute approximate surface area is 186 Å². The summed E-state index contributed by atoms with van der Waals surface area (Å²) in [6.07, 6.45) is 4.57. The summed E-state index contributed by atoms with van der Waals surface area (Å²) in [5, 5.41) is 3.58. The third-order valence-electron chi connectivity index (χ3n) is 6.23. The average molecular weight is 422 g/mol. The van der Waals surface area contributed by atoms with Gasteiger partial charge in [0.05, 0.1) is 6.04 Å². The summed E-state index contributed by atoms with van der Waals surface area (Å²) in [7, 11) is 2.17. The van der Waals surface area contributed by atoms with Crippen molar-refractivity contribution in [1.82, 2.24) is 9.80 Å². The number of hydrogen-bond donors (Lipinski definition) is 2. The Bertz CT molecular complexity index is 831. The van der Waals surface area contributed by atoms with Gasteiger partial charge in [-0.15, -0.1) is 0 Å². The van der Waals surface area contributed by atoms with Gasteiger partial charge in [0.2, 0.25) is 0 Å². The van der Waals surface area contributed by atoms with Gasteiger partial charge >= 0.3 is 0 Å². The Morgan fingerprint density at radius 3 is 2.42 bits per heavy atom. The Morgan fingerprint density at radius 2 is 1.71 bits per heavy atom. The van der Waals surface area contributed by atoms with Gasteiger partial charge in [-0.2, -0.15) is 0 Å². The van der Waals surface area contributed by atoms with E-state index in [2.05, 4.69) is 46.4 Å². The maximum Gasteiger partial charge on any atom is 0.198 e. The van der Waals surface area contributed by atoms with Gasteiger partial charge in [-0.05, 0) is 49.7 Å². The summed E-state index contributed by atoms with van der Waals surface area (Å²) in [6.45, 7) is 4.61. The molecule has 1 saturated heterocycles. The SMILES string of the molecule is CN1CCN(C(=N[C@H]2CCCC[C@@H]2N)Nc2ccc(OCc3ccccc3)cc2)CC1. The molecule has 1 aliphatic carbocycles. The zero-order chi connectivity index (χ0) is 21.5. The predicted molar refractivity (Wildman–Crippen MR) is 128 cm³/mol. The minimum atomic E-state index is 0.159. The molecular weight excluding hydrogens is 386 g/mol. The number of likely N-dealkylation sites (N-methyl/N-ethyl adjacent to an activating group) is 1. The molecule has 166 valence electrons. The molecule has 3 N–H and O–H groups in total. The van der Waals surface area contributed by atoms with Crippen LogP contribution in [0.25, 0.3) is 0 Å². The topological polar surface area (TPSA) is 66.1 Å². The van der Waals surface area contributed by atoms with Crippen molar-refractivity contribution >= 4 is 11.6 Å². The number of rotatable bonds is 5. The highest BCUT2D eigenvalue weighted by Gasteiger charge is 2.24. The highest BCUT2D eigenvalue weighted by molar-refractivity contribution is 5.94. The number of nitrogens with zero attached hydrogens (tertiary/aromatic N) is 3. The van der Waals surface area contributed by atoms with Gasteiger partial charge in [-0.3, -0.25) is 0 Å². The van der Waals surface area contributed by atoms with Crippen LogP contribution in [-0.2, 0) is 6.61 Å². The number of benzene rings is 2. The summed E-state index contributed by atoms with van der Waals surface area (Å²) in [6, 6.07) is 18.7. The van der Waals surface area contributed by atoms with Crippen molar-refractivity contribution in [3.05, 3.63) is 60.2 Å². The number of nitrogens with one attached hydrogen (secondary N) is 1. The van der Waals surface area contributed by atoms with Crippen LogP contribution < -0.4 is 15.8 Å². The van der Waals surface area contributed by atoms with Crippen molar-refractivity contribution in [3.8, 4) is 5.75 Å². The first kappa shape index (κ1) is 21.7. The molecule has 6 nitrogen and oxygen atoms in total. The summed E-state index contributed by atoms with van der Waals surface area (Å²) in [5.74, 6) is 1.81. The van der Waals surface area contributed by atoms with Crippen LogP contribution in [0.5, 0.6) is 5.75 Å². The number of anilines is 1. The van der Waals surface area contributed by atoms with Crippen LogP contribution in [0.2, 0.25) is 0 Å². The Balaban J connectivity index is 1.43. The third kappa shape index (κ3) is 6.21. The van der Waals surface area contributed by atoms with Crippen LogP contribution in [0.4, 0.5) is 5.69 Å². The van der Waals surface area contributed by atoms with Crippen LogP contribution >= 0.6 is 0 Å². The first-order valence-electron chi connectivity index (χ1n) is 11.5. The Morgan fingerprint density at radius 1 is 1.00 bits per heavy atom. The fraction of sp³-hybridized carbons (Fsp3) is 0.480. The first-order chi connectivity index (χ1) is 15.2. The van der Waals surface area contributed by atoms with Gasteiger partial charge in [0.25, 0.3) is 0 Å². The van der Waals surface area contributed by atoms with Crippen LogP contribution in [0, 0.1) is 0 Å². The molecule has 0 radical (unpaired) electrons. The van der Waals surface area contributed by atoms with Crippen molar-refractivity contribution in [2.24, 2.45) is 10.7 Å². The zero-order valence-corrected chi connectivity index (χ0v) is 18.5. The second-order valence-electron chi connectivity index (χ2n) is 8.68. The van der Waals surface area contributed by atoms with E-state index in [1.807, 2.05) is 30.3 Å². The van der Waals surface area contributed by atoms with Gasteiger partial charge in [0.15, 0.2) is 5.96 Å². The highest BCUT2D eigenvalue weighted by atomic mass is 16.5. The molecule has 31 heavy (non-hydrogen) atoms. The van der Waals surface area contributed by atoms with E-state index in [1.165, 1.54) is 12.8 Å². The predicted octanol–water partition coefficient (Wildman–Crippen LogP) is 3.55. The molecule has 1 saturated carbocycles. The fourth-order valence-corrected chi connectivity index (χ4v) is 4.17. The quantitative estimate of drug-likeness (QED) is 0.571. The van der Waals surface area contributed by atoms with Crippen LogP contribution in [0.3, 0.4) is 0 Å². The maximum absolute atomic E-state index is 6.40. The minimum Gasteiger partial charge on any atom is -0.489 e. The van der Waals surface area contributed by atoms with Crippen molar-refractivity contribution in [2.75, 3.05) is 38.5 Å². The normalized spacial score (nSPS) is 22.9. The molecule has 0 aromatic heterocycles. The highest BCUT2D eigenvalue weighted by Crippen LogP contribution is 2.22. The minimum absolute atomic E-state index is 0.159. The van der Waals surface area contributed by atoms with E-state index in [1.54, 1.807) is 0 Å². The molecule has 0 spiro atoms. The van der Waals surface area contributed by atoms with Crippen LogP contribution in [0.15, 0.2) is 59.6 Å². The van der Waals surface area contributed by atoms with Crippen molar-refractivity contribution < 1.29 is 4.74 Å².